The number of nitrogens with one attached hydrogen (secondary N) is 1. The molecule has 3 nitrogen and oxygen atoms in total. The van der Waals surface area contributed by atoms with Gasteiger partial charge in [0.2, 0.25) is 0 Å². The van der Waals surface area contributed by atoms with Crippen molar-refractivity contribution in [2.45, 2.75) is 25.5 Å². The standard InChI is InChI=1S/C16H21NO2S/c1-3-14(16-5-4-10-20-16)17-11-15(18)12-6-8-13(19-2)9-7-12/h4-10,14-15,17-18H,3,11H2,1-2H3. The summed E-state index contributed by atoms with van der Waals surface area (Å²) in [6, 6.07) is 12.0. The molecule has 0 fully saturated rings. The van der Waals surface area contributed by atoms with Crippen LogP contribution < -0.4 is 10.1 Å². The van der Waals surface area contributed by atoms with Crippen LogP contribution in [0.25, 0.3) is 0 Å². The van der Waals surface area contributed by atoms with Crippen molar-refractivity contribution in [3.8, 4) is 5.75 Å². The Morgan fingerprint density at radius 1 is 1.25 bits per heavy atom. The number of aliphatic hydroxyl groups excluding tert-OH is 1. The molecule has 2 N–H and O–H groups in total. The minimum atomic E-state index is -0.505. The molecule has 0 saturated heterocycles. The number of hydrogen-bond donors (Lipinski definition) is 2. The minimum Gasteiger partial charge on any atom is -0.497 e. The molecule has 2 rings (SSSR count). The lowest BCUT2D eigenvalue weighted by Gasteiger charge is -2.19. The zero-order valence-corrected chi connectivity index (χ0v) is 12.7. The molecule has 2 unspecified atom stereocenters. The van der Waals surface area contributed by atoms with Crippen LogP contribution in [0.2, 0.25) is 0 Å². The zero-order valence-electron chi connectivity index (χ0n) is 11.9. The molecule has 4 heteroatoms. The first-order valence-corrected chi connectivity index (χ1v) is 7.71. The molecule has 1 aromatic carbocycles. The number of methoxy groups -OCH3 is 1. The summed E-state index contributed by atoms with van der Waals surface area (Å²) >= 11 is 1.75. The van der Waals surface area contributed by atoms with E-state index in [1.165, 1.54) is 4.88 Å². The van der Waals surface area contributed by atoms with Gasteiger partial charge >= 0.3 is 0 Å². The van der Waals surface area contributed by atoms with Gasteiger partial charge in [0.1, 0.15) is 5.75 Å². The molecule has 0 radical (unpaired) electrons. The first-order valence-electron chi connectivity index (χ1n) is 6.83. The van der Waals surface area contributed by atoms with Gasteiger partial charge in [-0.3, -0.25) is 0 Å². The second-order valence-electron chi connectivity index (χ2n) is 4.67. The number of aliphatic hydroxyl groups is 1. The van der Waals surface area contributed by atoms with Crippen molar-refractivity contribution in [1.29, 1.82) is 0 Å². The van der Waals surface area contributed by atoms with Crippen molar-refractivity contribution < 1.29 is 9.84 Å². The van der Waals surface area contributed by atoms with E-state index < -0.39 is 6.10 Å². The Kier molecular flexibility index (Phi) is 5.59. The van der Waals surface area contributed by atoms with Crippen LogP contribution in [0.15, 0.2) is 41.8 Å². The van der Waals surface area contributed by atoms with E-state index in [4.69, 9.17) is 4.74 Å². The smallest absolute Gasteiger partial charge is 0.118 e. The van der Waals surface area contributed by atoms with Gasteiger partial charge in [-0.15, -0.1) is 11.3 Å². The maximum atomic E-state index is 10.2. The van der Waals surface area contributed by atoms with Crippen molar-refractivity contribution in [3.05, 3.63) is 52.2 Å². The molecule has 1 heterocycles. The Morgan fingerprint density at radius 3 is 2.55 bits per heavy atom. The third kappa shape index (κ3) is 3.82. The summed E-state index contributed by atoms with van der Waals surface area (Å²) in [6.07, 6.45) is 0.505. The molecule has 0 amide bonds. The van der Waals surface area contributed by atoms with E-state index in [0.29, 0.717) is 12.6 Å². The quantitative estimate of drug-likeness (QED) is 0.820. The Labute approximate surface area is 124 Å². The van der Waals surface area contributed by atoms with Crippen LogP contribution in [0.5, 0.6) is 5.75 Å². The van der Waals surface area contributed by atoms with Crippen molar-refractivity contribution in [3.63, 3.8) is 0 Å². The third-order valence-electron chi connectivity index (χ3n) is 3.35. The first-order chi connectivity index (χ1) is 9.74. The first kappa shape index (κ1) is 15.0. The van der Waals surface area contributed by atoms with Crippen molar-refractivity contribution in [1.82, 2.24) is 5.32 Å². The summed E-state index contributed by atoms with van der Waals surface area (Å²) < 4.78 is 5.12. The maximum Gasteiger partial charge on any atom is 0.118 e. The Balaban J connectivity index is 1.91. The Hall–Kier alpha value is -1.36. The van der Waals surface area contributed by atoms with Crippen LogP contribution in [0.1, 0.15) is 35.9 Å². The lowest BCUT2D eigenvalue weighted by molar-refractivity contribution is 0.169. The van der Waals surface area contributed by atoms with E-state index in [0.717, 1.165) is 17.7 Å². The van der Waals surface area contributed by atoms with Crippen molar-refractivity contribution in [2.24, 2.45) is 0 Å². The van der Waals surface area contributed by atoms with Crippen LogP contribution in [0.3, 0.4) is 0 Å². The second kappa shape index (κ2) is 7.43. The number of hydrogen-bond acceptors (Lipinski definition) is 4. The van der Waals surface area contributed by atoms with Crippen LogP contribution in [-0.4, -0.2) is 18.8 Å². The Bertz CT molecular complexity index is 496. The van der Waals surface area contributed by atoms with Crippen LogP contribution in [-0.2, 0) is 0 Å². The molecular weight excluding hydrogens is 270 g/mol. The lowest BCUT2D eigenvalue weighted by atomic mass is 10.1. The fourth-order valence-corrected chi connectivity index (χ4v) is 3.02. The lowest BCUT2D eigenvalue weighted by Crippen LogP contribution is -2.25. The van der Waals surface area contributed by atoms with E-state index in [-0.39, 0.29) is 0 Å². The van der Waals surface area contributed by atoms with Gasteiger partial charge in [-0.05, 0) is 35.6 Å². The van der Waals surface area contributed by atoms with Gasteiger partial charge in [0.05, 0.1) is 13.2 Å². The average molecular weight is 291 g/mol. The summed E-state index contributed by atoms with van der Waals surface area (Å²) in [5.74, 6) is 0.805. The summed E-state index contributed by atoms with van der Waals surface area (Å²) in [6.45, 7) is 2.69. The third-order valence-corrected chi connectivity index (χ3v) is 4.34. The average Bonchev–Trinajstić information content (AvgIpc) is 3.02. The van der Waals surface area contributed by atoms with Gasteiger partial charge in [-0.1, -0.05) is 25.1 Å². The molecule has 108 valence electrons. The normalized spacial score (nSPS) is 13.9. The van der Waals surface area contributed by atoms with E-state index in [1.54, 1.807) is 18.4 Å². The monoisotopic (exact) mass is 291 g/mol. The predicted molar refractivity (Wildman–Crippen MR) is 83.3 cm³/mol. The molecule has 0 bridgehead atoms. The van der Waals surface area contributed by atoms with Crippen LogP contribution in [0.4, 0.5) is 0 Å². The molecule has 1 aromatic heterocycles. The molecule has 0 saturated carbocycles. The summed E-state index contributed by atoms with van der Waals surface area (Å²) in [5, 5.41) is 15.7. The fraction of sp³-hybridized carbons (Fsp3) is 0.375. The molecule has 0 aliphatic carbocycles. The molecule has 20 heavy (non-hydrogen) atoms. The van der Waals surface area contributed by atoms with E-state index in [1.807, 2.05) is 24.3 Å². The summed E-state index contributed by atoms with van der Waals surface area (Å²) in [4.78, 5) is 1.31. The number of benzene rings is 1. The van der Waals surface area contributed by atoms with Gasteiger partial charge in [0.25, 0.3) is 0 Å². The number of thiophene rings is 1. The highest BCUT2D eigenvalue weighted by atomic mass is 32.1. The number of rotatable bonds is 7. The fourth-order valence-electron chi connectivity index (χ4n) is 2.13. The van der Waals surface area contributed by atoms with E-state index in [9.17, 15) is 5.11 Å². The molecule has 2 aromatic rings. The van der Waals surface area contributed by atoms with Crippen LogP contribution in [0, 0.1) is 0 Å². The Morgan fingerprint density at radius 2 is 2.00 bits per heavy atom. The maximum absolute atomic E-state index is 10.2. The SMILES string of the molecule is CCC(NCC(O)c1ccc(OC)cc1)c1cccs1. The molecule has 2 atom stereocenters. The zero-order chi connectivity index (χ0) is 14.4. The van der Waals surface area contributed by atoms with E-state index in [2.05, 4.69) is 29.8 Å². The van der Waals surface area contributed by atoms with Crippen molar-refractivity contribution >= 4 is 11.3 Å². The molecular formula is C16H21NO2S. The largest absolute Gasteiger partial charge is 0.497 e. The highest BCUT2D eigenvalue weighted by molar-refractivity contribution is 7.10. The topological polar surface area (TPSA) is 41.5 Å². The minimum absolute atomic E-state index is 0.308. The van der Waals surface area contributed by atoms with Gasteiger partial charge in [-0.2, -0.15) is 0 Å². The summed E-state index contributed by atoms with van der Waals surface area (Å²) in [7, 11) is 1.64. The molecule has 0 aliphatic rings. The summed E-state index contributed by atoms with van der Waals surface area (Å²) in [5.41, 5.74) is 0.902. The van der Waals surface area contributed by atoms with E-state index >= 15 is 0 Å². The van der Waals surface area contributed by atoms with Gasteiger partial charge in [0.15, 0.2) is 0 Å². The highest BCUT2D eigenvalue weighted by Crippen LogP contribution is 2.23. The van der Waals surface area contributed by atoms with Crippen LogP contribution >= 0.6 is 11.3 Å². The van der Waals surface area contributed by atoms with Crippen molar-refractivity contribution in [2.75, 3.05) is 13.7 Å². The highest BCUT2D eigenvalue weighted by Gasteiger charge is 2.13. The van der Waals surface area contributed by atoms with Gasteiger partial charge < -0.3 is 15.2 Å². The predicted octanol–water partition coefficient (Wildman–Crippen LogP) is 3.53. The molecule has 0 spiro atoms. The van der Waals surface area contributed by atoms with Gasteiger partial charge in [-0.25, -0.2) is 0 Å². The number of ether oxygens (including phenoxy) is 1. The molecule has 0 aliphatic heterocycles. The second-order valence-corrected chi connectivity index (χ2v) is 5.65. The van der Waals surface area contributed by atoms with Gasteiger partial charge in [0, 0.05) is 17.5 Å².